The van der Waals surface area contributed by atoms with Crippen molar-refractivity contribution < 1.29 is 0 Å². The van der Waals surface area contributed by atoms with Gasteiger partial charge < -0.3 is 5.32 Å². The first-order valence-electron chi connectivity index (χ1n) is 9.81. The quantitative estimate of drug-likeness (QED) is 0.579. The number of hydrogen-bond donors (Lipinski definition) is 1. The van der Waals surface area contributed by atoms with Crippen molar-refractivity contribution in [2.24, 2.45) is 0 Å². The van der Waals surface area contributed by atoms with Gasteiger partial charge >= 0.3 is 0 Å². The van der Waals surface area contributed by atoms with Crippen LogP contribution in [-0.2, 0) is 6.54 Å². The van der Waals surface area contributed by atoms with Crippen LogP contribution in [-0.4, -0.2) is 30.1 Å². The van der Waals surface area contributed by atoms with E-state index < -0.39 is 0 Å². The normalized spacial score (nSPS) is 20.0. The van der Waals surface area contributed by atoms with E-state index in [1.54, 1.807) is 0 Å². The number of unbranched alkanes of at least 4 members (excludes halogenated alkanes) is 4. The van der Waals surface area contributed by atoms with Crippen molar-refractivity contribution in [1.29, 1.82) is 0 Å². The Labute approximate surface area is 143 Å². The zero-order chi connectivity index (χ0) is 16.3. The van der Waals surface area contributed by atoms with Gasteiger partial charge in [0.25, 0.3) is 0 Å². The van der Waals surface area contributed by atoms with Crippen molar-refractivity contribution in [2.45, 2.75) is 83.8 Å². The number of rotatable bonds is 11. The second kappa shape index (κ2) is 10.8. The van der Waals surface area contributed by atoms with E-state index in [9.17, 15) is 0 Å². The lowest BCUT2D eigenvalue weighted by Crippen LogP contribution is -2.40. The summed E-state index contributed by atoms with van der Waals surface area (Å²) in [5, 5.41) is 3.79. The highest BCUT2D eigenvalue weighted by Crippen LogP contribution is 2.19. The molecule has 0 radical (unpaired) electrons. The van der Waals surface area contributed by atoms with Gasteiger partial charge in [-0.1, -0.05) is 69.4 Å². The lowest BCUT2D eigenvalue weighted by molar-refractivity contribution is 0.233. The molecule has 2 heteroatoms. The van der Waals surface area contributed by atoms with Crippen molar-refractivity contribution in [3.63, 3.8) is 0 Å². The van der Waals surface area contributed by atoms with Crippen molar-refractivity contribution in [1.82, 2.24) is 10.2 Å². The van der Waals surface area contributed by atoms with Crippen LogP contribution >= 0.6 is 0 Å². The SMILES string of the molecule is CCCCCCCC(C)NCC1CCCN1Cc1ccccc1. The van der Waals surface area contributed by atoms with Gasteiger partial charge in [-0.3, -0.25) is 4.90 Å². The predicted molar refractivity (Wildman–Crippen MR) is 101 cm³/mol. The van der Waals surface area contributed by atoms with E-state index in [1.165, 1.54) is 63.5 Å². The molecule has 2 nitrogen and oxygen atoms in total. The molecule has 1 aliphatic rings. The average Bonchev–Trinajstić information content (AvgIpc) is 3.01. The molecule has 1 N–H and O–H groups in total. The second-order valence-electron chi connectivity index (χ2n) is 7.26. The summed E-state index contributed by atoms with van der Waals surface area (Å²) in [5.74, 6) is 0. The Bertz CT molecular complexity index is 404. The van der Waals surface area contributed by atoms with Crippen molar-refractivity contribution in [3.8, 4) is 0 Å². The highest BCUT2D eigenvalue weighted by molar-refractivity contribution is 5.14. The van der Waals surface area contributed by atoms with Crippen LogP contribution in [0.4, 0.5) is 0 Å². The zero-order valence-corrected chi connectivity index (χ0v) is 15.3. The molecule has 130 valence electrons. The van der Waals surface area contributed by atoms with Crippen molar-refractivity contribution in [2.75, 3.05) is 13.1 Å². The van der Waals surface area contributed by atoms with Crippen LogP contribution in [0.2, 0.25) is 0 Å². The van der Waals surface area contributed by atoms with E-state index in [2.05, 4.69) is 54.4 Å². The summed E-state index contributed by atoms with van der Waals surface area (Å²) >= 11 is 0. The lowest BCUT2D eigenvalue weighted by Gasteiger charge is -2.26. The summed E-state index contributed by atoms with van der Waals surface area (Å²) in [7, 11) is 0. The van der Waals surface area contributed by atoms with Gasteiger partial charge in [0.15, 0.2) is 0 Å². The highest BCUT2D eigenvalue weighted by Gasteiger charge is 2.24. The van der Waals surface area contributed by atoms with E-state index in [0.29, 0.717) is 6.04 Å². The summed E-state index contributed by atoms with van der Waals surface area (Å²) in [6, 6.07) is 12.3. The van der Waals surface area contributed by atoms with Gasteiger partial charge in [-0.15, -0.1) is 0 Å². The third-order valence-electron chi connectivity index (χ3n) is 5.17. The summed E-state index contributed by atoms with van der Waals surface area (Å²) in [6.07, 6.45) is 11.0. The van der Waals surface area contributed by atoms with Gasteiger partial charge in [-0.25, -0.2) is 0 Å². The molecular formula is C21H36N2. The smallest absolute Gasteiger partial charge is 0.0237 e. The number of nitrogens with one attached hydrogen (secondary N) is 1. The Morgan fingerprint density at radius 3 is 2.70 bits per heavy atom. The van der Waals surface area contributed by atoms with E-state index in [-0.39, 0.29) is 0 Å². The topological polar surface area (TPSA) is 15.3 Å². The minimum absolute atomic E-state index is 0.663. The molecule has 2 rings (SSSR count). The van der Waals surface area contributed by atoms with Gasteiger partial charge in [0, 0.05) is 25.2 Å². The van der Waals surface area contributed by atoms with Crippen LogP contribution < -0.4 is 5.32 Å². The molecule has 0 bridgehead atoms. The zero-order valence-electron chi connectivity index (χ0n) is 15.3. The second-order valence-corrected chi connectivity index (χ2v) is 7.26. The van der Waals surface area contributed by atoms with Gasteiger partial charge in [0.2, 0.25) is 0 Å². The molecule has 0 aromatic heterocycles. The number of hydrogen-bond acceptors (Lipinski definition) is 2. The Morgan fingerprint density at radius 1 is 1.13 bits per heavy atom. The molecule has 0 spiro atoms. The van der Waals surface area contributed by atoms with Crippen LogP contribution in [0.25, 0.3) is 0 Å². The Morgan fingerprint density at radius 2 is 1.91 bits per heavy atom. The standard InChI is InChI=1S/C21H36N2/c1-3-4-5-6-8-12-19(2)22-17-21-15-11-16-23(21)18-20-13-9-7-10-14-20/h7,9-10,13-14,19,21-22H,3-6,8,11-12,15-18H2,1-2H3. The fourth-order valence-corrected chi connectivity index (χ4v) is 3.65. The number of likely N-dealkylation sites (tertiary alicyclic amines) is 1. The predicted octanol–water partition coefficient (Wildman–Crippen LogP) is 4.99. The summed E-state index contributed by atoms with van der Waals surface area (Å²) < 4.78 is 0. The molecule has 2 unspecified atom stereocenters. The Balaban J connectivity index is 1.63. The molecule has 1 fully saturated rings. The fraction of sp³-hybridized carbons (Fsp3) is 0.714. The molecule has 1 aromatic rings. The van der Waals surface area contributed by atoms with Gasteiger partial charge in [-0.05, 0) is 38.3 Å². The molecule has 1 aromatic carbocycles. The van der Waals surface area contributed by atoms with Gasteiger partial charge in [0.1, 0.15) is 0 Å². The maximum atomic E-state index is 3.79. The van der Waals surface area contributed by atoms with Crippen LogP contribution in [0.3, 0.4) is 0 Å². The highest BCUT2D eigenvalue weighted by atomic mass is 15.2. The minimum Gasteiger partial charge on any atom is -0.313 e. The largest absolute Gasteiger partial charge is 0.313 e. The number of benzene rings is 1. The van der Waals surface area contributed by atoms with Gasteiger partial charge in [0.05, 0.1) is 0 Å². The van der Waals surface area contributed by atoms with E-state index in [4.69, 9.17) is 0 Å². The first-order valence-corrected chi connectivity index (χ1v) is 9.81. The maximum absolute atomic E-state index is 3.79. The molecule has 0 amide bonds. The molecule has 0 saturated carbocycles. The average molecular weight is 317 g/mol. The van der Waals surface area contributed by atoms with Gasteiger partial charge in [-0.2, -0.15) is 0 Å². The monoisotopic (exact) mass is 316 g/mol. The lowest BCUT2D eigenvalue weighted by atomic mass is 10.1. The Kier molecular flexibility index (Phi) is 8.70. The summed E-state index contributed by atoms with van der Waals surface area (Å²) in [6.45, 7) is 8.16. The molecule has 1 saturated heterocycles. The minimum atomic E-state index is 0.663. The molecule has 0 aliphatic carbocycles. The molecule has 1 heterocycles. The molecule has 23 heavy (non-hydrogen) atoms. The van der Waals surface area contributed by atoms with E-state index >= 15 is 0 Å². The molecule has 1 aliphatic heterocycles. The summed E-state index contributed by atoms with van der Waals surface area (Å²) in [5.41, 5.74) is 1.45. The van der Waals surface area contributed by atoms with Crippen LogP contribution in [0.1, 0.15) is 70.8 Å². The van der Waals surface area contributed by atoms with E-state index in [0.717, 1.165) is 19.1 Å². The first kappa shape index (κ1) is 18.5. The van der Waals surface area contributed by atoms with Crippen LogP contribution in [0, 0.1) is 0 Å². The maximum Gasteiger partial charge on any atom is 0.0237 e. The third-order valence-corrected chi connectivity index (χ3v) is 5.17. The van der Waals surface area contributed by atoms with Crippen LogP contribution in [0.5, 0.6) is 0 Å². The Hall–Kier alpha value is -0.860. The van der Waals surface area contributed by atoms with Crippen molar-refractivity contribution in [3.05, 3.63) is 35.9 Å². The summed E-state index contributed by atoms with van der Waals surface area (Å²) in [4.78, 5) is 2.66. The molecule has 2 atom stereocenters. The number of nitrogens with zero attached hydrogens (tertiary/aromatic N) is 1. The molecular weight excluding hydrogens is 280 g/mol. The van der Waals surface area contributed by atoms with Crippen LogP contribution in [0.15, 0.2) is 30.3 Å². The third kappa shape index (κ3) is 7.05. The fourth-order valence-electron chi connectivity index (χ4n) is 3.65. The first-order chi connectivity index (χ1) is 11.3. The van der Waals surface area contributed by atoms with Crippen molar-refractivity contribution >= 4 is 0 Å². The van der Waals surface area contributed by atoms with E-state index in [1.807, 2.05) is 0 Å².